The highest BCUT2D eigenvalue weighted by Gasteiger charge is 2.57. The number of nitrogens with zero attached hydrogens (tertiary/aromatic N) is 1. The molecule has 2 atom stereocenters. The van der Waals surface area contributed by atoms with Crippen molar-refractivity contribution in [2.24, 2.45) is 0 Å². The molecule has 1 amide bonds. The van der Waals surface area contributed by atoms with E-state index in [1.807, 2.05) is 41.3 Å². The summed E-state index contributed by atoms with van der Waals surface area (Å²) < 4.78 is 0. The molecule has 0 unspecified atom stereocenters. The Morgan fingerprint density at radius 2 is 1.63 bits per heavy atom. The van der Waals surface area contributed by atoms with Crippen LogP contribution in [-0.2, 0) is 5.54 Å². The Hall–Kier alpha value is -3.31. The molecule has 3 aromatic rings. The van der Waals surface area contributed by atoms with E-state index in [9.17, 15) is 4.79 Å². The number of rotatable bonds is 0. The lowest BCUT2D eigenvalue weighted by Crippen LogP contribution is -2.40. The fourth-order valence-electron chi connectivity index (χ4n) is 4.46. The summed E-state index contributed by atoms with van der Waals surface area (Å²) in [6.45, 7) is 4.22. The molecule has 27 heavy (non-hydrogen) atoms. The molecule has 0 saturated carbocycles. The van der Waals surface area contributed by atoms with Crippen LogP contribution in [0.5, 0.6) is 0 Å². The maximum absolute atomic E-state index is 13.2. The van der Waals surface area contributed by atoms with Gasteiger partial charge in [-0.15, -0.1) is 0 Å². The third-order valence-corrected chi connectivity index (χ3v) is 5.83. The summed E-state index contributed by atoms with van der Waals surface area (Å²) in [5.74, 6) is 6.86. The van der Waals surface area contributed by atoms with Crippen LogP contribution in [0.25, 0.3) is 0 Å². The molecule has 5 rings (SSSR count). The van der Waals surface area contributed by atoms with Gasteiger partial charge in [0.1, 0.15) is 0 Å². The molecule has 130 valence electrons. The van der Waals surface area contributed by atoms with E-state index in [4.69, 9.17) is 0 Å². The highest BCUT2D eigenvalue weighted by molar-refractivity contribution is 6.14. The van der Waals surface area contributed by atoms with E-state index in [2.05, 4.69) is 62.1 Å². The molecule has 0 N–H and O–H groups in total. The first-order valence-corrected chi connectivity index (χ1v) is 9.22. The predicted octanol–water partition coefficient (Wildman–Crippen LogP) is 5.02. The normalized spacial score (nSPS) is 21.9. The minimum Gasteiger partial charge on any atom is -0.296 e. The molecular weight excluding hydrogens is 330 g/mol. The van der Waals surface area contributed by atoms with Crippen molar-refractivity contribution in [2.75, 3.05) is 4.90 Å². The van der Waals surface area contributed by atoms with E-state index >= 15 is 0 Å². The van der Waals surface area contributed by atoms with Crippen LogP contribution in [0.15, 0.2) is 72.8 Å². The third kappa shape index (κ3) is 2.12. The number of para-hydroxylation sites is 1. The van der Waals surface area contributed by atoms with Crippen molar-refractivity contribution in [1.29, 1.82) is 0 Å². The molecule has 2 aliphatic heterocycles. The third-order valence-electron chi connectivity index (χ3n) is 5.83. The first-order chi connectivity index (χ1) is 13.1. The highest BCUT2D eigenvalue weighted by Crippen LogP contribution is 2.57. The summed E-state index contributed by atoms with van der Waals surface area (Å²) >= 11 is 0. The number of benzene rings is 3. The van der Waals surface area contributed by atoms with Crippen LogP contribution < -0.4 is 4.90 Å². The van der Waals surface area contributed by atoms with Crippen molar-refractivity contribution >= 4 is 11.6 Å². The molecule has 0 aliphatic carbocycles. The van der Waals surface area contributed by atoms with Crippen molar-refractivity contribution in [3.05, 3.63) is 101 Å². The molecule has 0 saturated heterocycles. The molecule has 2 nitrogen and oxygen atoms in total. The van der Waals surface area contributed by atoms with E-state index in [-0.39, 0.29) is 11.8 Å². The van der Waals surface area contributed by atoms with Crippen LogP contribution >= 0.6 is 0 Å². The highest BCUT2D eigenvalue weighted by atomic mass is 16.2. The lowest BCUT2D eigenvalue weighted by atomic mass is 9.79. The van der Waals surface area contributed by atoms with Gasteiger partial charge in [0.15, 0.2) is 0 Å². The second kappa shape index (κ2) is 5.59. The van der Waals surface area contributed by atoms with Gasteiger partial charge in [-0.2, -0.15) is 0 Å². The van der Waals surface area contributed by atoms with Crippen LogP contribution in [-0.4, -0.2) is 5.91 Å². The van der Waals surface area contributed by atoms with Gasteiger partial charge in [-0.25, -0.2) is 0 Å². The molecule has 0 radical (unpaired) electrons. The number of hydrogen-bond donors (Lipinski definition) is 0. The first-order valence-electron chi connectivity index (χ1n) is 9.22. The van der Waals surface area contributed by atoms with Crippen molar-refractivity contribution in [2.45, 2.75) is 25.3 Å². The maximum Gasteiger partial charge on any atom is 0.259 e. The number of aryl methyl sites for hydroxylation is 1. The number of anilines is 1. The zero-order chi connectivity index (χ0) is 18.6. The van der Waals surface area contributed by atoms with Gasteiger partial charge in [0.25, 0.3) is 5.91 Å². The Morgan fingerprint density at radius 1 is 0.926 bits per heavy atom. The molecule has 2 aliphatic rings. The molecule has 2 heteroatoms. The molecule has 0 spiro atoms. The van der Waals surface area contributed by atoms with Crippen molar-refractivity contribution in [1.82, 2.24) is 0 Å². The second-order valence-electron chi connectivity index (χ2n) is 7.46. The van der Waals surface area contributed by atoms with Gasteiger partial charge in [0.05, 0.1) is 11.5 Å². The van der Waals surface area contributed by atoms with Crippen LogP contribution in [0.3, 0.4) is 0 Å². The van der Waals surface area contributed by atoms with Gasteiger partial charge < -0.3 is 0 Å². The van der Waals surface area contributed by atoms with Gasteiger partial charge in [0.2, 0.25) is 0 Å². The number of carbonyl (C=O) groups excluding carboxylic acids is 1. The van der Waals surface area contributed by atoms with Gasteiger partial charge in [-0.3, -0.25) is 9.69 Å². The topological polar surface area (TPSA) is 20.3 Å². The fraction of sp³-hybridized carbons (Fsp3) is 0.160. The van der Waals surface area contributed by atoms with Gasteiger partial charge in [-0.05, 0) is 49.2 Å². The van der Waals surface area contributed by atoms with E-state index in [0.717, 1.165) is 27.9 Å². The van der Waals surface area contributed by atoms with Gasteiger partial charge in [0, 0.05) is 16.8 Å². The Morgan fingerprint density at radius 3 is 2.44 bits per heavy atom. The summed E-state index contributed by atoms with van der Waals surface area (Å²) in [4.78, 5) is 15.1. The lowest BCUT2D eigenvalue weighted by molar-refractivity contribution is 0.0982. The first kappa shape index (κ1) is 15.9. The molecule has 3 aromatic carbocycles. The average molecular weight is 349 g/mol. The maximum atomic E-state index is 13.2. The van der Waals surface area contributed by atoms with Crippen LogP contribution in [0.1, 0.15) is 45.5 Å². The fourth-order valence-corrected chi connectivity index (χ4v) is 4.46. The minimum atomic E-state index is -0.477. The Kier molecular flexibility index (Phi) is 3.29. The SMILES string of the molecule is Cc1ccc(C#C[C@@H]2c3ccccc3N3C(=O)c4ccccc4[C@]23C)cc1. The number of fused-ring (bicyclic) bond motifs is 5. The molecule has 0 bridgehead atoms. The monoisotopic (exact) mass is 349 g/mol. The number of carbonyl (C=O) groups is 1. The Balaban J connectivity index is 1.71. The van der Waals surface area contributed by atoms with Crippen molar-refractivity contribution in [3.63, 3.8) is 0 Å². The van der Waals surface area contributed by atoms with Gasteiger partial charge >= 0.3 is 0 Å². The largest absolute Gasteiger partial charge is 0.296 e. The summed E-state index contributed by atoms with van der Waals surface area (Å²) in [6.07, 6.45) is 0. The van der Waals surface area contributed by atoms with E-state index in [1.165, 1.54) is 5.56 Å². The van der Waals surface area contributed by atoms with Crippen LogP contribution in [0, 0.1) is 18.8 Å². The summed E-state index contributed by atoms with van der Waals surface area (Å²) in [6, 6.07) is 24.3. The molecule has 0 aromatic heterocycles. The Labute approximate surface area is 159 Å². The van der Waals surface area contributed by atoms with Crippen LogP contribution in [0.4, 0.5) is 5.69 Å². The summed E-state index contributed by atoms with van der Waals surface area (Å²) in [5.41, 5.74) is 5.70. The molecular formula is C25H19NO. The summed E-state index contributed by atoms with van der Waals surface area (Å²) in [7, 11) is 0. The quantitative estimate of drug-likeness (QED) is 0.522. The molecule has 2 heterocycles. The number of amides is 1. The zero-order valence-electron chi connectivity index (χ0n) is 15.4. The molecule has 0 fully saturated rings. The summed E-state index contributed by atoms with van der Waals surface area (Å²) in [5, 5.41) is 0. The van der Waals surface area contributed by atoms with Gasteiger partial charge in [-0.1, -0.05) is 65.9 Å². The standard InChI is InChI=1S/C25H19NO/c1-17-11-13-18(14-12-17)15-16-22-19-7-4-6-10-23(19)26-24(27)20-8-3-5-9-21(20)25(22,26)2/h3-14,22H,1-2H3/t22-,25-/m1/s1. The van der Waals surface area contributed by atoms with Crippen LogP contribution in [0.2, 0.25) is 0 Å². The second-order valence-corrected chi connectivity index (χ2v) is 7.46. The predicted molar refractivity (Wildman–Crippen MR) is 108 cm³/mol. The van der Waals surface area contributed by atoms with E-state index < -0.39 is 5.54 Å². The average Bonchev–Trinajstić information content (AvgIpc) is 3.08. The lowest BCUT2D eigenvalue weighted by Gasteiger charge is -2.32. The van der Waals surface area contributed by atoms with E-state index in [0.29, 0.717) is 0 Å². The zero-order valence-corrected chi connectivity index (χ0v) is 15.4. The number of hydrogen-bond acceptors (Lipinski definition) is 1. The smallest absolute Gasteiger partial charge is 0.259 e. The van der Waals surface area contributed by atoms with E-state index in [1.54, 1.807) is 0 Å². The van der Waals surface area contributed by atoms with Crippen molar-refractivity contribution < 1.29 is 4.79 Å². The Bertz CT molecular complexity index is 1130. The van der Waals surface area contributed by atoms with Crippen molar-refractivity contribution in [3.8, 4) is 11.8 Å². The minimum absolute atomic E-state index is 0.0670.